The number of fused-ring (bicyclic) bond motifs is 1. The maximum absolute atomic E-state index is 12.5. The van der Waals surface area contributed by atoms with E-state index in [9.17, 15) is 9.90 Å². The van der Waals surface area contributed by atoms with Crippen LogP contribution >= 0.6 is 0 Å². The molecule has 2 aliphatic rings. The Morgan fingerprint density at radius 2 is 2.27 bits per heavy atom. The van der Waals surface area contributed by atoms with Crippen molar-refractivity contribution >= 4 is 11.9 Å². The maximum Gasteiger partial charge on any atom is 0.412 e. The van der Waals surface area contributed by atoms with Gasteiger partial charge < -0.3 is 28.6 Å². The summed E-state index contributed by atoms with van der Waals surface area (Å²) in [5, 5.41) is 27.9. The second-order valence-corrected chi connectivity index (χ2v) is 6.09. The van der Waals surface area contributed by atoms with Gasteiger partial charge in [0.25, 0.3) is 0 Å². The molecule has 26 heavy (non-hydrogen) atoms. The highest BCUT2D eigenvalue weighted by atomic mass is 16.8. The van der Waals surface area contributed by atoms with Crippen LogP contribution in [0.4, 0.5) is 10.6 Å². The summed E-state index contributed by atoms with van der Waals surface area (Å²) in [6.45, 7) is 1.51. The fourth-order valence-corrected chi connectivity index (χ4v) is 3.10. The number of anilines is 1. The summed E-state index contributed by atoms with van der Waals surface area (Å²) in [5.41, 5.74) is 0. The molecule has 2 aliphatic heterocycles. The fourth-order valence-electron chi connectivity index (χ4n) is 3.10. The zero-order valence-corrected chi connectivity index (χ0v) is 14.4. The molecule has 3 rings (SSSR count). The van der Waals surface area contributed by atoms with Gasteiger partial charge in [0.1, 0.15) is 25.5 Å². The van der Waals surface area contributed by atoms with Crippen LogP contribution in [0.25, 0.3) is 0 Å². The van der Waals surface area contributed by atoms with E-state index in [-0.39, 0.29) is 37.6 Å². The van der Waals surface area contributed by atoms with Gasteiger partial charge in [-0.15, -0.1) is 5.23 Å². The number of ether oxygens (including phenoxy) is 4. The quantitative estimate of drug-likeness (QED) is 0.608. The number of hydrogen-bond acceptors (Lipinski definition) is 10. The summed E-state index contributed by atoms with van der Waals surface area (Å²) in [5.74, 6) is 0.328. The Balaban J connectivity index is 1.68. The van der Waals surface area contributed by atoms with E-state index in [1.807, 2.05) is 0 Å². The van der Waals surface area contributed by atoms with Crippen LogP contribution in [0.2, 0.25) is 0 Å². The number of nitrogens with zero attached hydrogens (tertiary/aromatic N) is 4. The van der Waals surface area contributed by atoms with Crippen LogP contribution in [0.1, 0.15) is 19.2 Å². The number of imidazole rings is 1. The van der Waals surface area contributed by atoms with Crippen molar-refractivity contribution in [3.8, 4) is 0 Å². The largest absolute Gasteiger partial charge is 0.441 e. The van der Waals surface area contributed by atoms with Crippen molar-refractivity contribution in [2.24, 2.45) is 7.05 Å². The maximum atomic E-state index is 12.5. The third-order valence-corrected chi connectivity index (χ3v) is 4.46. The lowest BCUT2D eigenvalue weighted by molar-refractivity contribution is -0.223. The van der Waals surface area contributed by atoms with E-state index in [2.05, 4.69) is 4.98 Å². The minimum Gasteiger partial charge on any atom is -0.441 e. The smallest absolute Gasteiger partial charge is 0.412 e. The summed E-state index contributed by atoms with van der Waals surface area (Å²) >= 11 is 0. The molecular weight excluding hydrogens is 352 g/mol. The minimum absolute atomic E-state index is 0.000300. The first-order valence-corrected chi connectivity index (χ1v) is 8.03. The summed E-state index contributed by atoms with van der Waals surface area (Å²) in [6.07, 6.45) is -1.16. The predicted octanol–water partition coefficient (Wildman–Crippen LogP) is -0.230. The zero-order chi connectivity index (χ0) is 18.8. The van der Waals surface area contributed by atoms with E-state index < -0.39 is 30.6 Å². The topological polar surface area (TPSA) is 139 Å². The molecule has 4 atom stereocenters. The standard InChI is InChI=1S/C14H22N4O8/c1-8-13-9(3-12(19)26-8)17(6-23-7-25-13)14(20)24-5-10-15-4-11(16(10)2)18(21)22/h4,8-9,12-13,19,21-22H,3,5-7H2,1-2H3. The van der Waals surface area contributed by atoms with Crippen molar-refractivity contribution in [3.63, 3.8) is 0 Å². The first kappa shape index (κ1) is 18.8. The normalized spacial score (nSPS) is 29.0. The van der Waals surface area contributed by atoms with Crippen LogP contribution < -0.4 is 5.23 Å². The van der Waals surface area contributed by atoms with E-state index in [1.165, 1.54) is 15.7 Å². The monoisotopic (exact) mass is 374 g/mol. The van der Waals surface area contributed by atoms with E-state index in [4.69, 9.17) is 29.4 Å². The Bertz CT molecular complexity index is 638. The van der Waals surface area contributed by atoms with Crippen molar-refractivity contribution in [3.05, 3.63) is 12.0 Å². The highest BCUT2D eigenvalue weighted by Gasteiger charge is 2.43. The summed E-state index contributed by atoms with van der Waals surface area (Å²) in [4.78, 5) is 17.9. The molecule has 12 nitrogen and oxygen atoms in total. The van der Waals surface area contributed by atoms with Gasteiger partial charge in [0.05, 0.1) is 18.3 Å². The number of aliphatic hydroxyl groups is 1. The van der Waals surface area contributed by atoms with E-state index in [1.54, 1.807) is 14.0 Å². The SMILES string of the molecule is CC1OC(O)CC2C1OCOCN2C(=O)OCc1ncc(N(O)O)n1C. The lowest BCUT2D eigenvalue weighted by Gasteiger charge is -2.40. The van der Waals surface area contributed by atoms with E-state index in [0.29, 0.717) is 5.82 Å². The van der Waals surface area contributed by atoms with Crippen molar-refractivity contribution in [2.45, 2.75) is 44.5 Å². The molecule has 2 saturated heterocycles. The molecule has 3 heterocycles. The molecule has 3 N–H and O–H groups in total. The number of carbonyl (C=O) groups excluding carboxylic acids is 1. The second-order valence-electron chi connectivity index (χ2n) is 6.09. The average molecular weight is 374 g/mol. The van der Waals surface area contributed by atoms with Gasteiger partial charge in [-0.2, -0.15) is 0 Å². The van der Waals surface area contributed by atoms with Crippen molar-refractivity contribution < 1.29 is 39.3 Å². The van der Waals surface area contributed by atoms with Gasteiger partial charge in [-0.3, -0.25) is 15.3 Å². The van der Waals surface area contributed by atoms with Crippen LogP contribution in [0, 0.1) is 0 Å². The number of carbonyl (C=O) groups is 1. The molecule has 1 aromatic heterocycles. The van der Waals surface area contributed by atoms with Gasteiger partial charge in [0.2, 0.25) is 0 Å². The van der Waals surface area contributed by atoms with Crippen LogP contribution in [0.15, 0.2) is 6.20 Å². The van der Waals surface area contributed by atoms with Gasteiger partial charge in [0, 0.05) is 13.5 Å². The number of hydrogen-bond donors (Lipinski definition) is 3. The van der Waals surface area contributed by atoms with E-state index >= 15 is 0 Å². The molecule has 0 bridgehead atoms. The third-order valence-electron chi connectivity index (χ3n) is 4.46. The summed E-state index contributed by atoms with van der Waals surface area (Å²) in [7, 11) is 1.54. The molecule has 1 aromatic rings. The molecule has 0 spiro atoms. The van der Waals surface area contributed by atoms with Crippen LogP contribution in [-0.4, -0.2) is 74.1 Å². The molecule has 0 aliphatic carbocycles. The average Bonchev–Trinajstić information content (AvgIpc) is 2.81. The molecule has 0 aromatic carbocycles. The first-order valence-electron chi connectivity index (χ1n) is 8.03. The lowest BCUT2D eigenvalue weighted by Crippen LogP contribution is -2.56. The Morgan fingerprint density at radius 1 is 1.50 bits per heavy atom. The van der Waals surface area contributed by atoms with Crippen molar-refractivity contribution in [1.82, 2.24) is 14.5 Å². The molecule has 12 heteroatoms. The number of aliphatic hydroxyl groups excluding tert-OH is 1. The highest BCUT2D eigenvalue weighted by Crippen LogP contribution is 2.28. The van der Waals surface area contributed by atoms with Gasteiger partial charge in [-0.1, -0.05) is 0 Å². The fraction of sp³-hybridized carbons (Fsp3) is 0.714. The number of amides is 1. The van der Waals surface area contributed by atoms with Crippen LogP contribution in [-0.2, 0) is 32.6 Å². The van der Waals surface area contributed by atoms with Gasteiger partial charge >= 0.3 is 6.09 Å². The minimum atomic E-state index is -1.01. The zero-order valence-electron chi connectivity index (χ0n) is 14.4. The molecule has 2 fully saturated rings. The Hall–Kier alpha value is -1.96. The predicted molar refractivity (Wildman–Crippen MR) is 81.9 cm³/mol. The first-order chi connectivity index (χ1) is 12.4. The lowest BCUT2D eigenvalue weighted by atomic mass is 9.98. The van der Waals surface area contributed by atoms with Crippen LogP contribution in [0.3, 0.4) is 0 Å². The second kappa shape index (κ2) is 7.73. The van der Waals surface area contributed by atoms with Crippen molar-refractivity contribution in [2.75, 3.05) is 18.8 Å². The van der Waals surface area contributed by atoms with Gasteiger partial charge in [-0.25, -0.2) is 9.78 Å². The van der Waals surface area contributed by atoms with Crippen molar-refractivity contribution in [1.29, 1.82) is 0 Å². The highest BCUT2D eigenvalue weighted by molar-refractivity contribution is 5.68. The summed E-state index contributed by atoms with van der Waals surface area (Å²) in [6, 6.07) is -0.467. The molecule has 0 saturated carbocycles. The Labute approximate surface area is 148 Å². The molecule has 0 radical (unpaired) electrons. The molecule has 146 valence electrons. The molecule has 4 unspecified atom stereocenters. The molecular formula is C14H22N4O8. The summed E-state index contributed by atoms with van der Waals surface area (Å²) < 4.78 is 22.8. The van der Waals surface area contributed by atoms with Gasteiger partial charge in [-0.05, 0) is 6.92 Å². The van der Waals surface area contributed by atoms with E-state index in [0.717, 1.165) is 0 Å². The van der Waals surface area contributed by atoms with Crippen LogP contribution in [0.5, 0.6) is 0 Å². The molecule has 1 amide bonds. The third kappa shape index (κ3) is 3.75. The number of aromatic nitrogens is 2. The number of rotatable bonds is 3. The van der Waals surface area contributed by atoms with Gasteiger partial charge in [0.15, 0.2) is 18.7 Å². The Morgan fingerprint density at radius 3 is 2.96 bits per heavy atom. The Kier molecular flexibility index (Phi) is 5.60.